The Hall–Kier alpha value is -1.22. The summed E-state index contributed by atoms with van der Waals surface area (Å²) in [6, 6.07) is 5.47. The van der Waals surface area contributed by atoms with E-state index in [1.807, 2.05) is 25.1 Å². The highest BCUT2D eigenvalue weighted by atomic mass is 16.5. The summed E-state index contributed by atoms with van der Waals surface area (Å²) < 4.78 is 10.4. The van der Waals surface area contributed by atoms with Gasteiger partial charge >= 0.3 is 0 Å². The molecule has 0 spiro atoms. The van der Waals surface area contributed by atoms with Crippen molar-refractivity contribution in [1.29, 1.82) is 0 Å². The average Bonchev–Trinajstić information content (AvgIpc) is 2.28. The summed E-state index contributed by atoms with van der Waals surface area (Å²) in [4.78, 5) is 0. The van der Waals surface area contributed by atoms with Gasteiger partial charge in [0.05, 0.1) is 19.8 Å². The Bertz CT molecular complexity index is 345. The fourth-order valence-electron chi connectivity index (χ4n) is 1.86. The van der Waals surface area contributed by atoms with E-state index in [0.29, 0.717) is 12.2 Å². The maximum atomic E-state index is 10.4. The first-order valence-corrected chi connectivity index (χ1v) is 5.50. The zero-order chi connectivity index (χ0) is 12.2. The molecule has 1 aromatic carbocycles. The number of aliphatic hydroxyl groups is 1. The van der Waals surface area contributed by atoms with E-state index in [-0.39, 0.29) is 0 Å². The van der Waals surface area contributed by atoms with Crippen LogP contribution < -0.4 is 9.47 Å². The molecule has 0 radical (unpaired) electrons. The molecule has 0 aromatic heterocycles. The molecule has 0 unspecified atom stereocenters. The lowest BCUT2D eigenvalue weighted by atomic mass is 9.90. The molecule has 0 saturated heterocycles. The molecule has 1 N–H and O–H groups in total. The van der Waals surface area contributed by atoms with E-state index in [4.69, 9.17) is 9.47 Å². The zero-order valence-corrected chi connectivity index (χ0v) is 10.4. The molecule has 0 amide bonds. The Morgan fingerprint density at radius 3 is 2.44 bits per heavy atom. The molecule has 1 aromatic rings. The molecule has 16 heavy (non-hydrogen) atoms. The number of rotatable bonds is 5. The fourth-order valence-corrected chi connectivity index (χ4v) is 1.86. The van der Waals surface area contributed by atoms with Gasteiger partial charge in [0.1, 0.15) is 11.5 Å². The van der Waals surface area contributed by atoms with Crippen molar-refractivity contribution in [2.45, 2.75) is 32.3 Å². The molecule has 90 valence electrons. The third-order valence-corrected chi connectivity index (χ3v) is 2.72. The van der Waals surface area contributed by atoms with Gasteiger partial charge in [0.2, 0.25) is 0 Å². The van der Waals surface area contributed by atoms with Crippen LogP contribution in [0.4, 0.5) is 0 Å². The Morgan fingerprint density at radius 1 is 1.25 bits per heavy atom. The average molecular weight is 224 g/mol. The predicted octanol–water partition coefficient (Wildman–Crippen LogP) is 2.71. The Morgan fingerprint density at radius 2 is 1.94 bits per heavy atom. The molecule has 0 bridgehead atoms. The first-order valence-electron chi connectivity index (χ1n) is 5.50. The van der Waals surface area contributed by atoms with Crippen molar-refractivity contribution in [2.24, 2.45) is 0 Å². The van der Waals surface area contributed by atoms with Crippen molar-refractivity contribution in [3.8, 4) is 11.5 Å². The fraction of sp³-hybridized carbons (Fsp3) is 0.538. The van der Waals surface area contributed by atoms with Crippen LogP contribution >= 0.6 is 0 Å². The van der Waals surface area contributed by atoms with Crippen molar-refractivity contribution in [3.63, 3.8) is 0 Å². The summed E-state index contributed by atoms with van der Waals surface area (Å²) in [5, 5.41) is 10.4. The van der Waals surface area contributed by atoms with Crippen LogP contribution in [0.1, 0.15) is 32.3 Å². The highest BCUT2D eigenvalue weighted by Gasteiger charge is 2.26. The molecule has 0 aliphatic heterocycles. The van der Waals surface area contributed by atoms with E-state index in [0.717, 1.165) is 17.7 Å². The van der Waals surface area contributed by atoms with Crippen molar-refractivity contribution in [3.05, 3.63) is 23.8 Å². The Labute approximate surface area is 97.0 Å². The second-order valence-corrected chi connectivity index (χ2v) is 4.09. The second kappa shape index (κ2) is 5.21. The van der Waals surface area contributed by atoms with E-state index in [1.54, 1.807) is 21.1 Å². The maximum Gasteiger partial charge on any atom is 0.125 e. The van der Waals surface area contributed by atoms with Gasteiger partial charge in [0, 0.05) is 5.56 Å². The molecular weight excluding hydrogens is 204 g/mol. The first kappa shape index (κ1) is 12.8. The summed E-state index contributed by atoms with van der Waals surface area (Å²) in [5.41, 5.74) is -0.106. The lowest BCUT2D eigenvalue weighted by Gasteiger charge is -2.25. The van der Waals surface area contributed by atoms with Crippen molar-refractivity contribution < 1.29 is 14.6 Å². The van der Waals surface area contributed by atoms with Gasteiger partial charge in [-0.3, -0.25) is 0 Å². The third kappa shape index (κ3) is 2.67. The maximum absolute atomic E-state index is 10.4. The molecule has 0 aliphatic carbocycles. The van der Waals surface area contributed by atoms with Crippen LogP contribution in [0.2, 0.25) is 0 Å². The number of hydrogen-bond acceptors (Lipinski definition) is 3. The number of hydrogen-bond donors (Lipinski definition) is 1. The van der Waals surface area contributed by atoms with Gasteiger partial charge in [0.25, 0.3) is 0 Å². The first-order chi connectivity index (χ1) is 7.55. The monoisotopic (exact) mass is 224 g/mol. The van der Waals surface area contributed by atoms with Gasteiger partial charge in [-0.1, -0.05) is 13.3 Å². The second-order valence-electron chi connectivity index (χ2n) is 4.09. The molecule has 3 nitrogen and oxygen atoms in total. The van der Waals surface area contributed by atoms with Crippen molar-refractivity contribution >= 4 is 0 Å². The zero-order valence-electron chi connectivity index (χ0n) is 10.4. The number of benzene rings is 1. The van der Waals surface area contributed by atoms with Crippen LogP contribution in [0.5, 0.6) is 11.5 Å². The molecule has 0 saturated carbocycles. The summed E-state index contributed by atoms with van der Waals surface area (Å²) in [5.74, 6) is 1.42. The highest BCUT2D eigenvalue weighted by Crippen LogP contribution is 2.35. The van der Waals surface area contributed by atoms with Gasteiger partial charge < -0.3 is 14.6 Å². The van der Waals surface area contributed by atoms with Gasteiger partial charge in [-0.2, -0.15) is 0 Å². The van der Waals surface area contributed by atoms with Crippen molar-refractivity contribution in [2.75, 3.05) is 14.2 Å². The van der Waals surface area contributed by atoms with Crippen LogP contribution in [0, 0.1) is 0 Å². The van der Waals surface area contributed by atoms with Gasteiger partial charge in [-0.25, -0.2) is 0 Å². The summed E-state index contributed by atoms with van der Waals surface area (Å²) in [6.07, 6.45) is 1.60. The minimum atomic E-state index is -0.880. The largest absolute Gasteiger partial charge is 0.497 e. The SMILES string of the molecule is CCC[C@@](C)(O)c1cc(OC)ccc1OC. The van der Waals surface area contributed by atoms with Gasteiger partial charge in [0.15, 0.2) is 0 Å². The van der Waals surface area contributed by atoms with E-state index in [1.165, 1.54) is 0 Å². The molecule has 0 heterocycles. The molecule has 1 atom stereocenters. The molecule has 3 heteroatoms. The summed E-state index contributed by atoms with van der Waals surface area (Å²) in [6.45, 7) is 3.84. The van der Waals surface area contributed by atoms with Gasteiger partial charge in [-0.15, -0.1) is 0 Å². The molecule has 0 fully saturated rings. The number of ether oxygens (including phenoxy) is 2. The number of methoxy groups -OCH3 is 2. The lowest BCUT2D eigenvalue weighted by Crippen LogP contribution is -2.21. The Balaban J connectivity index is 3.17. The van der Waals surface area contributed by atoms with E-state index < -0.39 is 5.60 Å². The van der Waals surface area contributed by atoms with Crippen molar-refractivity contribution in [1.82, 2.24) is 0 Å². The minimum Gasteiger partial charge on any atom is -0.497 e. The minimum absolute atomic E-state index is 0.691. The molecule has 0 aliphatic rings. The standard InChI is InChI=1S/C13H20O3/c1-5-8-13(2,14)11-9-10(15-3)6-7-12(11)16-4/h6-7,9,14H,5,8H2,1-4H3/t13-/m1/s1. The predicted molar refractivity (Wildman–Crippen MR) is 64.0 cm³/mol. The summed E-state index contributed by atoms with van der Waals surface area (Å²) in [7, 11) is 3.22. The molecule has 1 rings (SSSR count). The quantitative estimate of drug-likeness (QED) is 0.835. The van der Waals surface area contributed by atoms with Crippen LogP contribution in [0.3, 0.4) is 0 Å². The summed E-state index contributed by atoms with van der Waals surface area (Å²) >= 11 is 0. The van der Waals surface area contributed by atoms with Crippen LogP contribution in [-0.4, -0.2) is 19.3 Å². The third-order valence-electron chi connectivity index (χ3n) is 2.72. The molecular formula is C13H20O3. The van der Waals surface area contributed by atoms with Crippen LogP contribution in [-0.2, 0) is 5.60 Å². The van der Waals surface area contributed by atoms with E-state index >= 15 is 0 Å². The van der Waals surface area contributed by atoms with E-state index in [2.05, 4.69) is 0 Å². The van der Waals surface area contributed by atoms with Crippen LogP contribution in [0.25, 0.3) is 0 Å². The normalized spacial score (nSPS) is 14.3. The lowest BCUT2D eigenvalue weighted by molar-refractivity contribution is 0.0442. The van der Waals surface area contributed by atoms with Gasteiger partial charge in [-0.05, 0) is 31.5 Å². The van der Waals surface area contributed by atoms with E-state index in [9.17, 15) is 5.11 Å². The van der Waals surface area contributed by atoms with Crippen LogP contribution in [0.15, 0.2) is 18.2 Å². The highest BCUT2D eigenvalue weighted by molar-refractivity contribution is 5.43. The smallest absolute Gasteiger partial charge is 0.125 e. The topological polar surface area (TPSA) is 38.7 Å². The Kier molecular flexibility index (Phi) is 4.19.